The van der Waals surface area contributed by atoms with Crippen molar-refractivity contribution < 1.29 is 13.6 Å². The molecule has 0 saturated heterocycles. The maximum absolute atomic E-state index is 12.9. The molecule has 0 saturated carbocycles. The van der Waals surface area contributed by atoms with Crippen LogP contribution in [0.3, 0.4) is 0 Å². The molecule has 2 aromatic rings. The van der Waals surface area contributed by atoms with Gasteiger partial charge in [0.2, 0.25) is 0 Å². The molecule has 17 heavy (non-hydrogen) atoms. The zero-order valence-electron chi connectivity index (χ0n) is 8.68. The van der Waals surface area contributed by atoms with Crippen LogP contribution in [0.15, 0.2) is 36.5 Å². The third kappa shape index (κ3) is 2.01. The van der Waals surface area contributed by atoms with Crippen molar-refractivity contribution >= 4 is 5.91 Å². The van der Waals surface area contributed by atoms with Crippen molar-refractivity contribution in [3.8, 4) is 5.69 Å². The molecular weight excluding hydrogens is 228 g/mol. The molecule has 0 spiro atoms. The summed E-state index contributed by atoms with van der Waals surface area (Å²) in [4.78, 5) is 11.0. The Balaban J connectivity index is 2.60. The number of primary amides is 1. The third-order valence-electron chi connectivity index (χ3n) is 2.28. The lowest BCUT2D eigenvalue weighted by Gasteiger charge is -2.07. The van der Waals surface area contributed by atoms with Crippen LogP contribution in [0.4, 0.5) is 8.78 Å². The Kier molecular flexibility index (Phi) is 2.86. The van der Waals surface area contributed by atoms with Gasteiger partial charge in [-0.1, -0.05) is 18.2 Å². The molecule has 0 fully saturated rings. The first kappa shape index (κ1) is 11.3. The molecule has 4 nitrogen and oxygen atoms in total. The van der Waals surface area contributed by atoms with E-state index in [-0.39, 0.29) is 5.56 Å². The van der Waals surface area contributed by atoms with E-state index in [1.165, 1.54) is 0 Å². The Bertz CT molecular complexity index is 537. The minimum atomic E-state index is -2.82. The van der Waals surface area contributed by atoms with E-state index in [2.05, 4.69) is 5.10 Å². The van der Waals surface area contributed by atoms with E-state index in [4.69, 9.17) is 5.73 Å². The third-order valence-corrected chi connectivity index (χ3v) is 2.28. The van der Waals surface area contributed by atoms with Crippen LogP contribution in [-0.2, 0) is 0 Å². The first-order valence-corrected chi connectivity index (χ1v) is 4.82. The topological polar surface area (TPSA) is 60.9 Å². The summed E-state index contributed by atoms with van der Waals surface area (Å²) < 4.78 is 26.8. The molecule has 6 heteroatoms. The largest absolute Gasteiger partial charge is 0.365 e. The van der Waals surface area contributed by atoms with E-state index in [0.29, 0.717) is 5.69 Å². The summed E-state index contributed by atoms with van der Waals surface area (Å²) in [6.45, 7) is 0. The summed E-state index contributed by atoms with van der Waals surface area (Å²) in [7, 11) is 0. The molecule has 0 unspecified atom stereocenters. The monoisotopic (exact) mass is 237 g/mol. The highest BCUT2D eigenvalue weighted by molar-refractivity contribution is 5.93. The molecule has 0 aliphatic heterocycles. The number of benzene rings is 1. The number of rotatable bonds is 3. The molecule has 0 aliphatic carbocycles. The van der Waals surface area contributed by atoms with E-state index in [1.54, 1.807) is 30.3 Å². The number of alkyl halides is 2. The summed E-state index contributed by atoms with van der Waals surface area (Å²) in [6, 6.07) is 8.36. The van der Waals surface area contributed by atoms with Gasteiger partial charge in [-0.15, -0.1) is 0 Å². The van der Waals surface area contributed by atoms with Crippen molar-refractivity contribution in [2.24, 2.45) is 5.73 Å². The fraction of sp³-hybridized carbons (Fsp3) is 0.0909. The number of hydrogen-bond donors (Lipinski definition) is 1. The van der Waals surface area contributed by atoms with Gasteiger partial charge in [0.05, 0.1) is 17.4 Å². The van der Waals surface area contributed by atoms with Crippen molar-refractivity contribution in [3.63, 3.8) is 0 Å². The van der Waals surface area contributed by atoms with Gasteiger partial charge in [-0.05, 0) is 12.1 Å². The molecule has 0 aliphatic rings. The lowest BCUT2D eigenvalue weighted by atomic mass is 10.2. The van der Waals surface area contributed by atoms with Crippen molar-refractivity contribution in [1.29, 1.82) is 0 Å². The zero-order chi connectivity index (χ0) is 12.4. The number of halogens is 2. The zero-order valence-corrected chi connectivity index (χ0v) is 8.68. The Morgan fingerprint density at radius 2 is 1.94 bits per heavy atom. The predicted octanol–water partition coefficient (Wildman–Crippen LogP) is 1.91. The maximum Gasteiger partial charge on any atom is 0.281 e. The second kappa shape index (κ2) is 4.32. The SMILES string of the molecule is NC(=O)c1cnn(-c2ccccc2)c1C(F)F. The second-order valence-electron chi connectivity index (χ2n) is 3.36. The standard InChI is InChI=1S/C11H9F2N3O/c12-10(13)9-8(11(14)17)6-15-16(9)7-4-2-1-3-5-7/h1-6,10H,(H2,14,17). The highest BCUT2D eigenvalue weighted by Gasteiger charge is 2.23. The van der Waals surface area contributed by atoms with Crippen molar-refractivity contribution in [1.82, 2.24) is 9.78 Å². The fourth-order valence-corrected chi connectivity index (χ4v) is 1.53. The van der Waals surface area contributed by atoms with Gasteiger partial charge in [0, 0.05) is 0 Å². The van der Waals surface area contributed by atoms with Crippen LogP contribution in [0.25, 0.3) is 5.69 Å². The smallest absolute Gasteiger partial charge is 0.281 e. The quantitative estimate of drug-likeness (QED) is 0.886. The minimum Gasteiger partial charge on any atom is -0.365 e. The molecular formula is C11H9F2N3O. The van der Waals surface area contributed by atoms with Gasteiger partial charge >= 0.3 is 0 Å². The van der Waals surface area contributed by atoms with Crippen LogP contribution in [0, 0.1) is 0 Å². The van der Waals surface area contributed by atoms with Gasteiger partial charge in [-0.25, -0.2) is 13.5 Å². The second-order valence-corrected chi connectivity index (χ2v) is 3.36. The summed E-state index contributed by atoms with van der Waals surface area (Å²) in [5.41, 5.74) is 4.73. The molecule has 1 heterocycles. The van der Waals surface area contributed by atoms with Gasteiger partial charge in [-0.2, -0.15) is 5.10 Å². The fourth-order valence-electron chi connectivity index (χ4n) is 1.53. The summed E-state index contributed by atoms with van der Waals surface area (Å²) in [5, 5.41) is 3.76. The van der Waals surface area contributed by atoms with Crippen molar-refractivity contribution in [3.05, 3.63) is 47.8 Å². The molecule has 1 aromatic heterocycles. The van der Waals surface area contributed by atoms with Gasteiger partial charge < -0.3 is 5.73 Å². The normalized spacial score (nSPS) is 10.8. The van der Waals surface area contributed by atoms with Crippen LogP contribution >= 0.6 is 0 Å². The minimum absolute atomic E-state index is 0.260. The number of nitrogens with zero attached hydrogens (tertiary/aromatic N) is 2. The van der Waals surface area contributed by atoms with Crippen LogP contribution in [0.5, 0.6) is 0 Å². The highest BCUT2D eigenvalue weighted by atomic mass is 19.3. The van der Waals surface area contributed by atoms with Gasteiger partial charge in [-0.3, -0.25) is 4.79 Å². The predicted molar refractivity (Wildman–Crippen MR) is 57.0 cm³/mol. The molecule has 2 N–H and O–H groups in total. The molecule has 1 amide bonds. The van der Waals surface area contributed by atoms with E-state index in [1.807, 2.05) is 0 Å². The number of hydrogen-bond acceptors (Lipinski definition) is 2. The molecule has 0 atom stereocenters. The molecule has 88 valence electrons. The number of carbonyl (C=O) groups excluding carboxylic acids is 1. The molecule has 0 radical (unpaired) electrons. The Labute approximate surface area is 95.7 Å². The summed E-state index contributed by atoms with van der Waals surface area (Å²) >= 11 is 0. The molecule has 2 rings (SSSR count). The van der Waals surface area contributed by atoms with Gasteiger partial charge in [0.15, 0.2) is 0 Å². The summed E-state index contributed by atoms with van der Waals surface area (Å²) in [6.07, 6.45) is -1.77. The summed E-state index contributed by atoms with van der Waals surface area (Å²) in [5.74, 6) is -0.914. The molecule has 0 bridgehead atoms. The van der Waals surface area contributed by atoms with E-state index >= 15 is 0 Å². The van der Waals surface area contributed by atoms with Crippen LogP contribution < -0.4 is 5.73 Å². The lowest BCUT2D eigenvalue weighted by Crippen LogP contribution is -2.14. The maximum atomic E-state index is 12.9. The Hall–Kier alpha value is -2.24. The lowest BCUT2D eigenvalue weighted by molar-refractivity contribution is 0.0983. The first-order chi connectivity index (χ1) is 8.11. The Morgan fingerprint density at radius 1 is 1.29 bits per heavy atom. The average molecular weight is 237 g/mol. The number of amides is 1. The molecule has 1 aromatic carbocycles. The van der Waals surface area contributed by atoms with Gasteiger partial charge in [0.25, 0.3) is 12.3 Å². The van der Waals surface area contributed by atoms with Crippen LogP contribution in [0.2, 0.25) is 0 Å². The highest BCUT2D eigenvalue weighted by Crippen LogP contribution is 2.25. The number of para-hydroxylation sites is 1. The van der Waals surface area contributed by atoms with Crippen LogP contribution in [0.1, 0.15) is 22.5 Å². The van der Waals surface area contributed by atoms with E-state index in [9.17, 15) is 13.6 Å². The number of carbonyl (C=O) groups is 1. The van der Waals surface area contributed by atoms with Crippen molar-refractivity contribution in [2.45, 2.75) is 6.43 Å². The number of aromatic nitrogens is 2. The Morgan fingerprint density at radius 3 is 2.47 bits per heavy atom. The van der Waals surface area contributed by atoms with E-state index in [0.717, 1.165) is 10.9 Å². The van der Waals surface area contributed by atoms with Gasteiger partial charge in [0.1, 0.15) is 5.69 Å². The number of nitrogens with two attached hydrogens (primary N) is 1. The van der Waals surface area contributed by atoms with Crippen molar-refractivity contribution in [2.75, 3.05) is 0 Å². The average Bonchev–Trinajstić information content (AvgIpc) is 2.74. The first-order valence-electron chi connectivity index (χ1n) is 4.82. The van der Waals surface area contributed by atoms with E-state index < -0.39 is 18.0 Å². The van der Waals surface area contributed by atoms with Crippen LogP contribution in [-0.4, -0.2) is 15.7 Å².